The number of hydrazone groups is 1. The van der Waals surface area contributed by atoms with Gasteiger partial charge in [0.2, 0.25) is 5.95 Å². The second-order valence-corrected chi connectivity index (χ2v) is 6.52. The molecule has 0 aliphatic rings. The van der Waals surface area contributed by atoms with E-state index in [0.717, 1.165) is 0 Å². The number of carbonyl (C=O) groups excluding carboxylic acids is 1. The van der Waals surface area contributed by atoms with Crippen LogP contribution in [0.15, 0.2) is 52.4 Å². The molecule has 1 aromatic heterocycles. The van der Waals surface area contributed by atoms with E-state index in [1.54, 1.807) is 30.3 Å². The molecule has 2 aromatic carbocycles. The summed E-state index contributed by atoms with van der Waals surface area (Å²) in [5.41, 5.74) is 3.32. The molecule has 0 saturated heterocycles. The van der Waals surface area contributed by atoms with E-state index in [0.29, 0.717) is 11.1 Å². The normalized spacial score (nSPS) is 10.5. The van der Waals surface area contributed by atoms with Crippen molar-refractivity contribution >= 4 is 29.7 Å². The number of ether oxygens (including phenoxy) is 2. The highest BCUT2D eigenvalue weighted by Crippen LogP contribution is 2.36. The number of methoxy groups -OCH3 is 1. The fourth-order valence-electron chi connectivity index (χ4n) is 2.66. The summed E-state index contributed by atoms with van der Waals surface area (Å²) in [6.45, 7) is 1.25. The minimum absolute atomic E-state index is 0.0497. The first-order valence-corrected chi connectivity index (χ1v) is 9.25. The van der Waals surface area contributed by atoms with Crippen LogP contribution in [0.5, 0.6) is 11.5 Å². The van der Waals surface area contributed by atoms with Gasteiger partial charge in [0.1, 0.15) is 11.6 Å². The number of hydrogen-bond acceptors (Lipinski definition) is 8. The highest BCUT2D eigenvalue weighted by molar-refractivity contribution is 6.32. The Balaban J connectivity index is 1.89. The number of H-pyrrole nitrogens is 1. The number of nitrogens with zero attached hydrogens (tertiary/aromatic N) is 3. The van der Waals surface area contributed by atoms with Gasteiger partial charge in [0.25, 0.3) is 5.56 Å². The van der Waals surface area contributed by atoms with Crippen LogP contribution in [-0.4, -0.2) is 29.3 Å². The van der Waals surface area contributed by atoms with Crippen molar-refractivity contribution in [1.82, 2.24) is 9.97 Å². The maximum absolute atomic E-state index is 12.3. The van der Waals surface area contributed by atoms with Crippen LogP contribution in [0.3, 0.4) is 0 Å². The summed E-state index contributed by atoms with van der Waals surface area (Å²) in [5, 5.41) is 13.5. The van der Waals surface area contributed by atoms with Gasteiger partial charge in [-0.15, -0.1) is 0 Å². The molecule has 0 aliphatic heterocycles. The Morgan fingerprint density at radius 3 is 2.71 bits per heavy atom. The summed E-state index contributed by atoms with van der Waals surface area (Å²) < 4.78 is 10.3. The number of halogens is 1. The van der Waals surface area contributed by atoms with Crippen molar-refractivity contribution in [1.29, 1.82) is 5.26 Å². The Morgan fingerprint density at radius 1 is 1.32 bits per heavy atom. The van der Waals surface area contributed by atoms with Gasteiger partial charge in [-0.1, -0.05) is 41.9 Å². The number of nitrogens with one attached hydrogen (secondary N) is 2. The number of nitriles is 1. The van der Waals surface area contributed by atoms with E-state index in [2.05, 4.69) is 20.5 Å². The van der Waals surface area contributed by atoms with Crippen molar-refractivity contribution in [3.8, 4) is 28.8 Å². The average Bonchev–Trinajstić information content (AvgIpc) is 2.75. The van der Waals surface area contributed by atoms with Crippen LogP contribution < -0.4 is 20.5 Å². The molecular formula is C21H16ClN5O4. The lowest BCUT2D eigenvalue weighted by atomic mass is 10.1. The first-order valence-electron chi connectivity index (χ1n) is 8.87. The third-order valence-electron chi connectivity index (χ3n) is 3.96. The summed E-state index contributed by atoms with van der Waals surface area (Å²) in [6.07, 6.45) is 1.41. The number of hydrogen-bond donors (Lipinski definition) is 2. The first kappa shape index (κ1) is 21.5. The van der Waals surface area contributed by atoms with Gasteiger partial charge in [-0.3, -0.25) is 14.6 Å². The minimum Gasteiger partial charge on any atom is -0.493 e. The Kier molecular flexibility index (Phi) is 6.64. The van der Waals surface area contributed by atoms with Crippen molar-refractivity contribution in [2.75, 3.05) is 12.5 Å². The SMILES string of the molecule is COc1cc(C=NNc2nc(-c3ccccc3)c(C#N)c(=O)[nH]2)cc(Cl)c1OC(C)=O. The molecule has 0 fully saturated rings. The largest absolute Gasteiger partial charge is 0.493 e. The van der Waals surface area contributed by atoms with Crippen LogP contribution in [0, 0.1) is 11.3 Å². The number of aromatic nitrogens is 2. The third kappa shape index (κ3) is 5.07. The molecule has 10 heteroatoms. The zero-order chi connectivity index (χ0) is 22.4. The van der Waals surface area contributed by atoms with E-state index < -0.39 is 11.5 Å². The van der Waals surface area contributed by atoms with E-state index in [-0.39, 0.29) is 33.7 Å². The standard InChI is InChI=1S/C21H16ClN5O4/c1-12(28)31-19-16(22)8-13(9-17(19)30-2)11-24-27-21-25-18(14-6-4-3-5-7-14)15(10-23)20(29)26-21/h3-9,11H,1-2H3,(H2,25,26,27,29). The number of esters is 1. The molecule has 0 atom stereocenters. The van der Waals surface area contributed by atoms with E-state index in [1.165, 1.54) is 26.3 Å². The lowest BCUT2D eigenvalue weighted by Crippen LogP contribution is -2.16. The zero-order valence-corrected chi connectivity index (χ0v) is 17.2. The van der Waals surface area contributed by atoms with Crippen molar-refractivity contribution in [3.05, 3.63) is 69.0 Å². The predicted molar refractivity (Wildman–Crippen MR) is 116 cm³/mol. The van der Waals surface area contributed by atoms with Gasteiger partial charge in [0, 0.05) is 12.5 Å². The lowest BCUT2D eigenvalue weighted by molar-refractivity contribution is -0.132. The van der Waals surface area contributed by atoms with Gasteiger partial charge in [0.05, 0.1) is 24.0 Å². The van der Waals surface area contributed by atoms with Crippen LogP contribution in [-0.2, 0) is 4.79 Å². The molecule has 0 aliphatic carbocycles. The molecule has 0 spiro atoms. The molecule has 156 valence electrons. The fourth-order valence-corrected chi connectivity index (χ4v) is 2.92. The third-order valence-corrected chi connectivity index (χ3v) is 4.24. The summed E-state index contributed by atoms with van der Waals surface area (Å²) in [7, 11) is 1.41. The fraction of sp³-hybridized carbons (Fsp3) is 0.0952. The zero-order valence-electron chi connectivity index (χ0n) is 16.5. The molecule has 0 unspecified atom stereocenters. The maximum atomic E-state index is 12.3. The Hall–Kier alpha value is -4.16. The first-order chi connectivity index (χ1) is 14.9. The molecule has 9 nitrogen and oxygen atoms in total. The number of rotatable bonds is 6. The summed E-state index contributed by atoms with van der Waals surface area (Å²) in [5.74, 6) is -0.130. The molecule has 1 heterocycles. The van der Waals surface area contributed by atoms with Crippen molar-refractivity contribution in [2.24, 2.45) is 5.10 Å². The van der Waals surface area contributed by atoms with Gasteiger partial charge in [-0.25, -0.2) is 10.4 Å². The van der Waals surface area contributed by atoms with Crippen molar-refractivity contribution in [3.63, 3.8) is 0 Å². The van der Waals surface area contributed by atoms with Gasteiger partial charge >= 0.3 is 5.97 Å². The summed E-state index contributed by atoms with van der Waals surface area (Å²) in [4.78, 5) is 30.2. The van der Waals surface area contributed by atoms with Gasteiger partial charge in [-0.05, 0) is 17.7 Å². The van der Waals surface area contributed by atoms with Crippen LogP contribution in [0.1, 0.15) is 18.1 Å². The Morgan fingerprint density at radius 2 is 2.06 bits per heavy atom. The Bertz CT molecular complexity index is 1250. The Labute approximate surface area is 181 Å². The number of benzene rings is 2. The topological polar surface area (TPSA) is 129 Å². The second-order valence-electron chi connectivity index (χ2n) is 6.11. The van der Waals surface area contributed by atoms with E-state index in [1.807, 2.05) is 12.1 Å². The summed E-state index contributed by atoms with van der Waals surface area (Å²) in [6, 6.07) is 13.8. The van der Waals surface area contributed by atoms with Crippen LogP contribution in [0.2, 0.25) is 5.02 Å². The van der Waals surface area contributed by atoms with E-state index in [4.69, 9.17) is 21.1 Å². The van der Waals surface area contributed by atoms with Crippen LogP contribution in [0.25, 0.3) is 11.3 Å². The molecule has 0 bridgehead atoms. The minimum atomic E-state index is -0.593. The molecule has 0 saturated carbocycles. The average molecular weight is 438 g/mol. The molecular weight excluding hydrogens is 422 g/mol. The molecule has 3 rings (SSSR count). The van der Waals surface area contributed by atoms with Crippen molar-refractivity contribution < 1.29 is 14.3 Å². The van der Waals surface area contributed by atoms with Gasteiger partial charge < -0.3 is 9.47 Å². The van der Waals surface area contributed by atoms with E-state index in [9.17, 15) is 14.9 Å². The second kappa shape index (κ2) is 9.56. The maximum Gasteiger partial charge on any atom is 0.308 e. The van der Waals surface area contributed by atoms with Gasteiger partial charge in [0.15, 0.2) is 11.5 Å². The molecule has 2 N–H and O–H groups in total. The number of anilines is 1. The highest BCUT2D eigenvalue weighted by Gasteiger charge is 2.14. The predicted octanol–water partition coefficient (Wildman–Crippen LogP) is 3.34. The van der Waals surface area contributed by atoms with Crippen molar-refractivity contribution in [2.45, 2.75) is 6.92 Å². The summed E-state index contributed by atoms with van der Waals surface area (Å²) >= 11 is 6.17. The number of carbonyl (C=O) groups is 1. The highest BCUT2D eigenvalue weighted by atomic mass is 35.5. The van der Waals surface area contributed by atoms with E-state index >= 15 is 0 Å². The molecule has 0 amide bonds. The number of aromatic amines is 1. The lowest BCUT2D eigenvalue weighted by Gasteiger charge is -2.10. The smallest absolute Gasteiger partial charge is 0.308 e. The van der Waals surface area contributed by atoms with Crippen LogP contribution in [0.4, 0.5) is 5.95 Å². The molecule has 31 heavy (non-hydrogen) atoms. The monoisotopic (exact) mass is 437 g/mol. The molecule has 3 aromatic rings. The van der Waals surface area contributed by atoms with Gasteiger partial charge in [-0.2, -0.15) is 10.4 Å². The molecule has 0 radical (unpaired) electrons. The van der Waals surface area contributed by atoms with Crippen LogP contribution >= 0.6 is 11.6 Å². The quantitative estimate of drug-likeness (QED) is 0.262.